The Kier molecular flexibility index (Phi) is 7.18. The van der Waals surface area contributed by atoms with E-state index in [0.717, 1.165) is 30.8 Å². The van der Waals surface area contributed by atoms with Crippen molar-refractivity contribution in [2.75, 3.05) is 33.4 Å². The van der Waals surface area contributed by atoms with Crippen LogP contribution < -0.4 is 10.1 Å². The van der Waals surface area contributed by atoms with E-state index in [9.17, 15) is 10.2 Å². The van der Waals surface area contributed by atoms with Crippen molar-refractivity contribution in [1.82, 2.24) is 15.2 Å². The lowest BCUT2D eigenvalue weighted by Gasteiger charge is -2.32. The highest BCUT2D eigenvalue weighted by Gasteiger charge is 2.27. The number of hydrogen-bond acceptors (Lipinski definition) is 6. The SMILES string of the molecule is COc1ccc([C@@H](O)[C@@H](CN2CCCC2)N[C@@H](CO)c2ccccc2)cn1. The first-order chi connectivity index (χ1) is 13.2. The van der Waals surface area contributed by atoms with Crippen molar-refractivity contribution >= 4 is 0 Å². The Morgan fingerprint density at radius 3 is 2.44 bits per heavy atom. The Labute approximate surface area is 160 Å². The Hall–Kier alpha value is -1.99. The molecular formula is C21H29N3O3. The fraction of sp³-hybridized carbons (Fsp3) is 0.476. The zero-order chi connectivity index (χ0) is 19.1. The number of aromatic nitrogens is 1. The monoisotopic (exact) mass is 371 g/mol. The van der Waals surface area contributed by atoms with E-state index in [-0.39, 0.29) is 18.7 Å². The van der Waals surface area contributed by atoms with Crippen molar-refractivity contribution in [3.05, 3.63) is 59.8 Å². The van der Waals surface area contributed by atoms with Gasteiger partial charge in [0.2, 0.25) is 5.88 Å². The number of aliphatic hydroxyl groups excluding tert-OH is 2. The van der Waals surface area contributed by atoms with Gasteiger partial charge in [-0.1, -0.05) is 30.3 Å². The first-order valence-corrected chi connectivity index (χ1v) is 9.53. The lowest BCUT2D eigenvalue weighted by atomic mass is 10.00. The maximum atomic E-state index is 11.0. The van der Waals surface area contributed by atoms with Gasteiger partial charge in [0, 0.05) is 24.4 Å². The standard InChI is InChI=1S/C21H29N3O3/c1-27-20-10-9-17(13-22-20)21(26)18(14-24-11-5-6-12-24)23-19(15-25)16-7-3-2-4-8-16/h2-4,7-10,13,18-19,21,23,25-26H,5-6,11-12,14-15H2,1H3/t18-,19+,21-/m1/s1. The van der Waals surface area contributed by atoms with Gasteiger partial charge in [0.15, 0.2) is 0 Å². The molecule has 2 aromatic rings. The fourth-order valence-corrected chi connectivity index (χ4v) is 3.60. The molecule has 0 spiro atoms. The van der Waals surface area contributed by atoms with Gasteiger partial charge in [-0.25, -0.2) is 4.98 Å². The smallest absolute Gasteiger partial charge is 0.212 e. The second kappa shape index (κ2) is 9.80. The maximum absolute atomic E-state index is 11.0. The van der Waals surface area contributed by atoms with E-state index in [1.807, 2.05) is 36.4 Å². The number of nitrogens with one attached hydrogen (secondary N) is 1. The normalized spacial score (nSPS) is 18.2. The highest BCUT2D eigenvalue weighted by atomic mass is 16.5. The number of methoxy groups -OCH3 is 1. The molecular weight excluding hydrogens is 342 g/mol. The highest BCUT2D eigenvalue weighted by molar-refractivity contribution is 5.22. The number of likely N-dealkylation sites (tertiary alicyclic amines) is 1. The zero-order valence-electron chi connectivity index (χ0n) is 15.8. The lowest BCUT2D eigenvalue weighted by Crippen LogP contribution is -2.46. The van der Waals surface area contributed by atoms with E-state index >= 15 is 0 Å². The minimum absolute atomic E-state index is 0.0336. The molecule has 1 saturated heterocycles. The van der Waals surface area contributed by atoms with Gasteiger partial charge in [-0.2, -0.15) is 0 Å². The lowest BCUT2D eigenvalue weighted by molar-refractivity contribution is 0.0912. The van der Waals surface area contributed by atoms with Crippen LogP contribution >= 0.6 is 0 Å². The van der Waals surface area contributed by atoms with E-state index in [1.165, 1.54) is 12.8 Å². The molecule has 0 bridgehead atoms. The average molecular weight is 371 g/mol. The van der Waals surface area contributed by atoms with Gasteiger partial charge in [0.1, 0.15) is 0 Å². The van der Waals surface area contributed by atoms with Crippen LogP contribution in [-0.4, -0.2) is 59.5 Å². The predicted molar refractivity (Wildman–Crippen MR) is 105 cm³/mol. The summed E-state index contributed by atoms with van der Waals surface area (Å²) in [4.78, 5) is 6.58. The Bertz CT molecular complexity index is 675. The molecule has 146 valence electrons. The van der Waals surface area contributed by atoms with Gasteiger partial charge in [-0.05, 0) is 37.6 Å². The summed E-state index contributed by atoms with van der Waals surface area (Å²) in [7, 11) is 1.57. The minimum atomic E-state index is -0.734. The molecule has 1 aliphatic heterocycles. The van der Waals surface area contributed by atoms with Crippen molar-refractivity contribution in [2.24, 2.45) is 0 Å². The van der Waals surface area contributed by atoms with Crippen LogP contribution in [0.2, 0.25) is 0 Å². The quantitative estimate of drug-likeness (QED) is 0.625. The summed E-state index contributed by atoms with van der Waals surface area (Å²) in [6.07, 6.45) is 3.30. The molecule has 0 amide bonds. The zero-order valence-corrected chi connectivity index (χ0v) is 15.8. The number of hydrogen-bond donors (Lipinski definition) is 3. The summed E-state index contributed by atoms with van der Waals surface area (Å²) >= 11 is 0. The third-order valence-electron chi connectivity index (χ3n) is 5.14. The van der Waals surface area contributed by atoms with Gasteiger partial charge in [-0.3, -0.25) is 0 Å². The van der Waals surface area contributed by atoms with E-state index in [0.29, 0.717) is 5.88 Å². The summed E-state index contributed by atoms with van der Waals surface area (Å²) < 4.78 is 5.11. The van der Waals surface area contributed by atoms with Crippen molar-refractivity contribution in [1.29, 1.82) is 0 Å². The van der Waals surface area contributed by atoms with E-state index in [1.54, 1.807) is 19.4 Å². The van der Waals surface area contributed by atoms with Gasteiger partial charge in [0.05, 0.1) is 31.9 Å². The van der Waals surface area contributed by atoms with E-state index in [2.05, 4.69) is 15.2 Å². The van der Waals surface area contributed by atoms with Crippen LogP contribution in [0, 0.1) is 0 Å². The number of rotatable bonds is 9. The first kappa shape index (κ1) is 19.8. The second-order valence-electron chi connectivity index (χ2n) is 7.01. The molecule has 1 aliphatic rings. The van der Waals surface area contributed by atoms with Crippen LogP contribution in [0.3, 0.4) is 0 Å². The molecule has 1 fully saturated rings. The van der Waals surface area contributed by atoms with Gasteiger partial charge >= 0.3 is 0 Å². The molecule has 0 saturated carbocycles. The molecule has 1 aromatic carbocycles. The topological polar surface area (TPSA) is 77.9 Å². The van der Waals surface area contributed by atoms with Crippen LogP contribution in [0.25, 0.3) is 0 Å². The molecule has 3 N–H and O–H groups in total. The Morgan fingerprint density at radius 2 is 1.85 bits per heavy atom. The molecule has 0 radical (unpaired) electrons. The third kappa shape index (κ3) is 5.26. The number of aliphatic hydroxyl groups is 2. The molecule has 0 aliphatic carbocycles. The summed E-state index contributed by atoms with van der Waals surface area (Å²) in [5.41, 5.74) is 1.74. The molecule has 0 unspecified atom stereocenters. The number of ether oxygens (including phenoxy) is 1. The van der Waals surface area contributed by atoms with Crippen LogP contribution in [0.15, 0.2) is 48.7 Å². The Balaban J connectivity index is 1.78. The van der Waals surface area contributed by atoms with Crippen molar-refractivity contribution in [2.45, 2.75) is 31.0 Å². The summed E-state index contributed by atoms with van der Waals surface area (Å²) in [5.74, 6) is 0.521. The van der Waals surface area contributed by atoms with Gasteiger partial charge < -0.3 is 25.2 Å². The largest absolute Gasteiger partial charge is 0.481 e. The summed E-state index contributed by atoms with van der Waals surface area (Å²) in [6, 6.07) is 13.0. The van der Waals surface area contributed by atoms with Crippen LogP contribution in [0.1, 0.15) is 36.1 Å². The molecule has 27 heavy (non-hydrogen) atoms. The number of nitrogens with zero attached hydrogens (tertiary/aromatic N) is 2. The molecule has 6 heteroatoms. The molecule has 2 heterocycles. The number of benzene rings is 1. The fourth-order valence-electron chi connectivity index (χ4n) is 3.60. The molecule has 1 aromatic heterocycles. The summed E-state index contributed by atoms with van der Waals surface area (Å²) in [6.45, 7) is 2.77. The summed E-state index contributed by atoms with van der Waals surface area (Å²) in [5, 5.41) is 24.4. The minimum Gasteiger partial charge on any atom is -0.481 e. The molecule has 3 atom stereocenters. The van der Waals surface area contributed by atoms with Crippen molar-refractivity contribution in [3.8, 4) is 5.88 Å². The van der Waals surface area contributed by atoms with Crippen LogP contribution in [0.5, 0.6) is 5.88 Å². The average Bonchev–Trinajstić information content (AvgIpc) is 3.24. The third-order valence-corrected chi connectivity index (χ3v) is 5.14. The second-order valence-corrected chi connectivity index (χ2v) is 7.01. The van der Waals surface area contributed by atoms with Gasteiger partial charge in [0.25, 0.3) is 0 Å². The maximum Gasteiger partial charge on any atom is 0.212 e. The van der Waals surface area contributed by atoms with Crippen LogP contribution in [-0.2, 0) is 0 Å². The Morgan fingerprint density at radius 1 is 1.11 bits per heavy atom. The molecule has 3 rings (SSSR count). The first-order valence-electron chi connectivity index (χ1n) is 9.53. The van der Waals surface area contributed by atoms with Crippen molar-refractivity contribution in [3.63, 3.8) is 0 Å². The predicted octanol–water partition coefficient (Wildman–Crippen LogP) is 1.91. The number of pyridine rings is 1. The van der Waals surface area contributed by atoms with Crippen molar-refractivity contribution < 1.29 is 14.9 Å². The molecule has 6 nitrogen and oxygen atoms in total. The van der Waals surface area contributed by atoms with Gasteiger partial charge in [-0.15, -0.1) is 0 Å². The van der Waals surface area contributed by atoms with E-state index < -0.39 is 6.10 Å². The van der Waals surface area contributed by atoms with Crippen LogP contribution in [0.4, 0.5) is 0 Å². The van der Waals surface area contributed by atoms with E-state index in [4.69, 9.17) is 4.74 Å². The highest BCUT2D eigenvalue weighted by Crippen LogP contribution is 2.23.